The second-order valence-corrected chi connectivity index (χ2v) is 4.60. The molecule has 94 valence electrons. The van der Waals surface area contributed by atoms with Gasteiger partial charge >= 0.3 is 0 Å². The summed E-state index contributed by atoms with van der Waals surface area (Å²) in [6, 6.07) is 2.05. The standard InChI is InChI=1S/C12H14N4O2/c1-7(2)11-8(6-13)12(14-15(11)3)16-9(17)4-5-10(16)18/h7H,4-5H2,1-3H3. The van der Waals surface area contributed by atoms with E-state index in [1.807, 2.05) is 13.8 Å². The Balaban J connectivity index is 2.59. The summed E-state index contributed by atoms with van der Waals surface area (Å²) in [7, 11) is 1.71. The third-order valence-electron chi connectivity index (χ3n) is 3.00. The lowest BCUT2D eigenvalue weighted by molar-refractivity contribution is -0.121. The van der Waals surface area contributed by atoms with E-state index < -0.39 is 0 Å². The number of amides is 2. The summed E-state index contributed by atoms with van der Waals surface area (Å²) in [5.74, 6) is -0.301. The maximum atomic E-state index is 11.7. The van der Waals surface area contributed by atoms with E-state index in [4.69, 9.17) is 0 Å². The van der Waals surface area contributed by atoms with Crippen LogP contribution in [-0.4, -0.2) is 21.6 Å². The second kappa shape index (κ2) is 4.26. The summed E-state index contributed by atoms with van der Waals surface area (Å²) in [4.78, 5) is 24.4. The van der Waals surface area contributed by atoms with Crippen molar-refractivity contribution in [2.24, 2.45) is 7.05 Å². The Morgan fingerprint density at radius 1 is 1.28 bits per heavy atom. The molecule has 1 aliphatic heterocycles. The molecule has 6 heteroatoms. The zero-order valence-corrected chi connectivity index (χ0v) is 10.6. The molecule has 1 aromatic heterocycles. The van der Waals surface area contributed by atoms with Crippen LogP contribution in [0.5, 0.6) is 0 Å². The maximum Gasteiger partial charge on any atom is 0.235 e. The molecular formula is C12H14N4O2. The third-order valence-corrected chi connectivity index (χ3v) is 3.00. The van der Waals surface area contributed by atoms with Gasteiger partial charge in [0, 0.05) is 19.9 Å². The Bertz CT molecular complexity index is 549. The number of hydrogen-bond acceptors (Lipinski definition) is 4. The van der Waals surface area contributed by atoms with Gasteiger partial charge in [0.2, 0.25) is 11.8 Å². The molecule has 0 bridgehead atoms. The third kappa shape index (κ3) is 1.68. The van der Waals surface area contributed by atoms with E-state index in [2.05, 4.69) is 11.2 Å². The molecule has 0 aliphatic carbocycles. The van der Waals surface area contributed by atoms with Crippen LogP contribution in [0.15, 0.2) is 0 Å². The number of nitriles is 1. The lowest BCUT2D eigenvalue weighted by atomic mass is 10.1. The first-order valence-electron chi connectivity index (χ1n) is 5.80. The van der Waals surface area contributed by atoms with Crippen LogP contribution >= 0.6 is 0 Å². The summed E-state index contributed by atoms with van der Waals surface area (Å²) in [6.45, 7) is 3.88. The number of hydrogen-bond donors (Lipinski definition) is 0. The maximum absolute atomic E-state index is 11.7. The summed E-state index contributed by atoms with van der Waals surface area (Å²) in [6.07, 6.45) is 0.384. The SMILES string of the molecule is CC(C)c1c(C#N)c(N2C(=O)CCC2=O)nn1C. The van der Waals surface area contributed by atoms with Gasteiger partial charge in [-0.2, -0.15) is 10.4 Å². The predicted octanol–water partition coefficient (Wildman–Crippen LogP) is 1.07. The lowest BCUT2D eigenvalue weighted by Gasteiger charge is -2.10. The Kier molecular flexibility index (Phi) is 2.91. The topological polar surface area (TPSA) is 79.0 Å². The van der Waals surface area contributed by atoms with E-state index in [1.165, 1.54) is 0 Å². The molecule has 0 atom stereocenters. The molecule has 0 aromatic carbocycles. The minimum Gasteiger partial charge on any atom is -0.274 e. The average Bonchev–Trinajstić information content (AvgIpc) is 2.79. The first kappa shape index (κ1) is 12.3. The van der Waals surface area contributed by atoms with Crippen LogP contribution in [0.2, 0.25) is 0 Å². The molecule has 0 spiro atoms. The molecule has 1 aliphatic rings. The molecule has 2 rings (SSSR count). The monoisotopic (exact) mass is 246 g/mol. The molecule has 0 saturated carbocycles. The first-order valence-corrected chi connectivity index (χ1v) is 5.80. The van der Waals surface area contributed by atoms with Crippen molar-refractivity contribution in [2.75, 3.05) is 4.90 Å². The van der Waals surface area contributed by atoms with Crippen LogP contribution in [0.3, 0.4) is 0 Å². The number of imide groups is 1. The van der Waals surface area contributed by atoms with E-state index in [1.54, 1.807) is 11.7 Å². The van der Waals surface area contributed by atoms with Crippen LogP contribution in [0.4, 0.5) is 5.82 Å². The Labute approximate surface area is 105 Å². The van der Waals surface area contributed by atoms with Crippen molar-refractivity contribution in [1.82, 2.24) is 9.78 Å². The van der Waals surface area contributed by atoms with Gasteiger partial charge in [-0.25, -0.2) is 4.90 Å². The van der Waals surface area contributed by atoms with E-state index >= 15 is 0 Å². The van der Waals surface area contributed by atoms with Crippen LogP contribution in [0.25, 0.3) is 0 Å². The van der Waals surface area contributed by atoms with Crippen molar-refractivity contribution in [3.05, 3.63) is 11.3 Å². The molecule has 0 unspecified atom stereocenters. The fraction of sp³-hybridized carbons (Fsp3) is 0.500. The Hall–Kier alpha value is -2.16. The highest BCUT2D eigenvalue weighted by atomic mass is 16.2. The molecule has 0 N–H and O–H groups in total. The van der Waals surface area contributed by atoms with Gasteiger partial charge in [0.15, 0.2) is 5.82 Å². The van der Waals surface area contributed by atoms with Crippen LogP contribution in [0, 0.1) is 11.3 Å². The highest BCUT2D eigenvalue weighted by Gasteiger charge is 2.35. The minimum atomic E-state index is -0.287. The quantitative estimate of drug-likeness (QED) is 0.731. The van der Waals surface area contributed by atoms with Crippen molar-refractivity contribution in [1.29, 1.82) is 5.26 Å². The van der Waals surface area contributed by atoms with Gasteiger partial charge in [-0.3, -0.25) is 14.3 Å². The van der Waals surface area contributed by atoms with Crippen LogP contribution in [-0.2, 0) is 16.6 Å². The Morgan fingerprint density at radius 3 is 2.28 bits per heavy atom. The van der Waals surface area contributed by atoms with Crippen LogP contribution < -0.4 is 4.90 Å². The van der Waals surface area contributed by atoms with E-state index in [0.717, 1.165) is 10.6 Å². The zero-order valence-electron chi connectivity index (χ0n) is 10.6. The van der Waals surface area contributed by atoms with Crippen LogP contribution in [0.1, 0.15) is 43.9 Å². The molecule has 1 fully saturated rings. The van der Waals surface area contributed by atoms with Gasteiger partial charge in [-0.15, -0.1) is 0 Å². The Morgan fingerprint density at radius 2 is 1.83 bits per heavy atom. The van der Waals surface area contributed by atoms with Gasteiger partial charge in [-0.05, 0) is 5.92 Å². The molecule has 2 amide bonds. The van der Waals surface area contributed by atoms with Gasteiger partial charge in [0.05, 0.1) is 5.69 Å². The van der Waals surface area contributed by atoms with Gasteiger partial charge in [0.1, 0.15) is 11.6 Å². The number of nitrogens with zero attached hydrogens (tertiary/aromatic N) is 4. The van der Waals surface area contributed by atoms with Crippen molar-refractivity contribution in [3.63, 3.8) is 0 Å². The number of carbonyl (C=O) groups excluding carboxylic acids is 2. The van der Waals surface area contributed by atoms with Gasteiger partial charge in [0.25, 0.3) is 0 Å². The second-order valence-electron chi connectivity index (χ2n) is 4.60. The summed E-state index contributed by atoms with van der Waals surface area (Å²) >= 11 is 0. The minimum absolute atomic E-state index is 0.0960. The first-order chi connectivity index (χ1) is 8.47. The number of aryl methyl sites for hydroxylation is 1. The summed E-state index contributed by atoms with van der Waals surface area (Å²) in [5.41, 5.74) is 1.05. The zero-order chi connectivity index (χ0) is 13.4. The lowest BCUT2D eigenvalue weighted by Crippen LogP contribution is -2.29. The van der Waals surface area contributed by atoms with Crippen molar-refractivity contribution < 1.29 is 9.59 Å². The van der Waals surface area contributed by atoms with Crippen molar-refractivity contribution >= 4 is 17.6 Å². The fourth-order valence-corrected chi connectivity index (χ4v) is 2.26. The molecular weight excluding hydrogens is 232 g/mol. The fourth-order valence-electron chi connectivity index (χ4n) is 2.26. The number of carbonyl (C=O) groups is 2. The summed E-state index contributed by atoms with van der Waals surface area (Å²) in [5, 5.41) is 13.4. The molecule has 1 saturated heterocycles. The van der Waals surface area contributed by atoms with Crippen molar-refractivity contribution in [3.8, 4) is 6.07 Å². The van der Waals surface area contributed by atoms with Gasteiger partial charge < -0.3 is 0 Å². The van der Waals surface area contributed by atoms with E-state index in [9.17, 15) is 14.9 Å². The van der Waals surface area contributed by atoms with Gasteiger partial charge in [-0.1, -0.05) is 13.8 Å². The number of aromatic nitrogens is 2. The smallest absolute Gasteiger partial charge is 0.235 e. The molecule has 6 nitrogen and oxygen atoms in total. The summed E-state index contributed by atoms with van der Waals surface area (Å²) < 4.78 is 1.57. The van der Waals surface area contributed by atoms with Crippen molar-refractivity contribution in [2.45, 2.75) is 32.6 Å². The highest BCUT2D eigenvalue weighted by molar-refractivity contribution is 6.19. The predicted molar refractivity (Wildman–Crippen MR) is 63.7 cm³/mol. The largest absolute Gasteiger partial charge is 0.274 e. The number of rotatable bonds is 2. The molecule has 2 heterocycles. The molecule has 1 aromatic rings. The number of anilines is 1. The molecule has 0 radical (unpaired) electrons. The normalized spacial score (nSPS) is 15.6. The average molecular weight is 246 g/mol. The highest BCUT2D eigenvalue weighted by Crippen LogP contribution is 2.30. The molecule has 18 heavy (non-hydrogen) atoms. The van der Waals surface area contributed by atoms with E-state index in [-0.39, 0.29) is 36.4 Å². The van der Waals surface area contributed by atoms with E-state index in [0.29, 0.717) is 5.56 Å².